The number of nitrogens with one attached hydrogen (secondary N) is 2. The highest BCUT2D eigenvalue weighted by atomic mass is 16.5. The van der Waals surface area contributed by atoms with Crippen molar-refractivity contribution in [1.82, 2.24) is 10.6 Å². The lowest BCUT2D eigenvalue weighted by Gasteiger charge is -2.59. The van der Waals surface area contributed by atoms with Gasteiger partial charge in [0.05, 0.1) is 17.7 Å². The molecule has 2 unspecified atom stereocenters. The molecule has 0 aliphatic heterocycles. The molecule has 5 heteroatoms. The highest BCUT2D eigenvalue weighted by Gasteiger charge is 2.58. The predicted molar refractivity (Wildman–Crippen MR) is 85.5 cm³/mol. The standard InChI is InChI=1S/C16H31N3O2/c1-6-17-13(18-11-16(20)8-7-9-16)19-12-10-15(4,21-5)14(12,2)3/h12,20H,6-11H2,1-5H3,(H2,17,18,19). The first-order chi connectivity index (χ1) is 9.76. The van der Waals surface area contributed by atoms with Crippen LogP contribution < -0.4 is 10.6 Å². The van der Waals surface area contributed by atoms with E-state index in [0.29, 0.717) is 12.6 Å². The first-order valence-electron chi connectivity index (χ1n) is 8.09. The summed E-state index contributed by atoms with van der Waals surface area (Å²) in [5.41, 5.74) is -0.613. The van der Waals surface area contributed by atoms with Crippen molar-refractivity contribution in [1.29, 1.82) is 0 Å². The normalized spacial score (nSPS) is 33.8. The lowest BCUT2D eigenvalue weighted by molar-refractivity contribution is -0.176. The van der Waals surface area contributed by atoms with E-state index in [9.17, 15) is 5.11 Å². The topological polar surface area (TPSA) is 65.9 Å². The zero-order valence-corrected chi connectivity index (χ0v) is 14.1. The van der Waals surface area contributed by atoms with Gasteiger partial charge in [-0.15, -0.1) is 0 Å². The minimum Gasteiger partial charge on any atom is -0.388 e. The molecular weight excluding hydrogens is 266 g/mol. The molecular formula is C16H31N3O2. The van der Waals surface area contributed by atoms with E-state index in [1.807, 2.05) is 0 Å². The van der Waals surface area contributed by atoms with Crippen molar-refractivity contribution < 1.29 is 9.84 Å². The highest BCUT2D eigenvalue weighted by molar-refractivity contribution is 5.80. The summed E-state index contributed by atoms with van der Waals surface area (Å²) < 4.78 is 5.66. The van der Waals surface area contributed by atoms with E-state index in [0.717, 1.165) is 38.2 Å². The number of guanidine groups is 1. The van der Waals surface area contributed by atoms with Gasteiger partial charge in [-0.25, -0.2) is 0 Å². The van der Waals surface area contributed by atoms with Gasteiger partial charge in [-0.1, -0.05) is 13.8 Å². The average molecular weight is 297 g/mol. The maximum absolute atomic E-state index is 10.2. The Morgan fingerprint density at radius 1 is 1.33 bits per heavy atom. The third kappa shape index (κ3) is 3.04. The van der Waals surface area contributed by atoms with Gasteiger partial charge >= 0.3 is 0 Å². The molecule has 2 aliphatic carbocycles. The number of rotatable bonds is 5. The fourth-order valence-electron chi connectivity index (χ4n) is 3.18. The number of ether oxygens (including phenoxy) is 1. The molecule has 0 spiro atoms. The molecule has 3 N–H and O–H groups in total. The summed E-state index contributed by atoms with van der Waals surface area (Å²) in [7, 11) is 1.78. The molecule has 0 aromatic heterocycles. The molecule has 21 heavy (non-hydrogen) atoms. The molecule has 0 aromatic carbocycles. The van der Waals surface area contributed by atoms with Crippen LogP contribution >= 0.6 is 0 Å². The molecule has 122 valence electrons. The predicted octanol–water partition coefficient (Wildman–Crippen LogP) is 1.66. The smallest absolute Gasteiger partial charge is 0.191 e. The number of hydrogen-bond donors (Lipinski definition) is 3. The molecule has 0 bridgehead atoms. The molecule has 2 aliphatic rings. The van der Waals surface area contributed by atoms with Crippen molar-refractivity contribution >= 4 is 5.96 Å². The molecule has 0 heterocycles. The van der Waals surface area contributed by atoms with Crippen LogP contribution in [0.3, 0.4) is 0 Å². The van der Waals surface area contributed by atoms with E-state index in [2.05, 4.69) is 43.3 Å². The van der Waals surface area contributed by atoms with Crippen LogP contribution in [0.1, 0.15) is 53.4 Å². The average Bonchev–Trinajstić information content (AvgIpc) is 2.41. The van der Waals surface area contributed by atoms with Gasteiger partial charge in [0.1, 0.15) is 0 Å². The fourth-order valence-corrected chi connectivity index (χ4v) is 3.18. The Balaban J connectivity index is 1.96. The summed E-state index contributed by atoms with van der Waals surface area (Å²) in [6, 6.07) is 0.330. The van der Waals surface area contributed by atoms with Crippen molar-refractivity contribution in [2.75, 3.05) is 20.2 Å². The van der Waals surface area contributed by atoms with Crippen LogP contribution in [0.5, 0.6) is 0 Å². The number of aliphatic hydroxyl groups is 1. The number of hydrogen-bond acceptors (Lipinski definition) is 3. The van der Waals surface area contributed by atoms with Gasteiger partial charge in [0, 0.05) is 25.1 Å². The molecule has 0 radical (unpaired) electrons. The van der Waals surface area contributed by atoms with Gasteiger partial charge in [0.25, 0.3) is 0 Å². The summed E-state index contributed by atoms with van der Waals surface area (Å²) in [6.07, 6.45) is 3.81. The summed E-state index contributed by atoms with van der Waals surface area (Å²) >= 11 is 0. The third-order valence-corrected chi connectivity index (χ3v) is 5.75. The zero-order chi connectivity index (χ0) is 15.7. The van der Waals surface area contributed by atoms with E-state index in [1.54, 1.807) is 7.11 Å². The van der Waals surface area contributed by atoms with E-state index in [-0.39, 0.29) is 11.0 Å². The van der Waals surface area contributed by atoms with Crippen molar-refractivity contribution in [3.8, 4) is 0 Å². The Morgan fingerprint density at radius 3 is 2.43 bits per heavy atom. The molecule has 2 saturated carbocycles. The Morgan fingerprint density at radius 2 is 2.00 bits per heavy atom. The van der Waals surface area contributed by atoms with Gasteiger partial charge in [0.2, 0.25) is 0 Å². The van der Waals surface area contributed by atoms with Gasteiger partial charge in [-0.2, -0.15) is 0 Å². The Bertz CT molecular complexity index is 404. The van der Waals surface area contributed by atoms with Crippen molar-refractivity contribution in [2.45, 2.75) is 70.6 Å². The van der Waals surface area contributed by atoms with Gasteiger partial charge < -0.3 is 20.5 Å². The lowest BCUT2D eigenvalue weighted by atomic mass is 9.56. The Labute approximate surface area is 128 Å². The van der Waals surface area contributed by atoms with E-state index in [1.165, 1.54) is 0 Å². The van der Waals surface area contributed by atoms with Gasteiger partial charge in [-0.05, 0) is 39.5 Å². The molecule has 5 nitrogen and oxygen atoms in total. The first-order valence-corrected chi connectivity index (χ1v) is 8.09. The number of nitrogens with zero attached hydrogens (tertiary/aromatic N) is 1. The second-order valence-corrected chi connectivity index (χ2v) is 7.33. The maximum atomic E-state index is 10.2. The van der Waals surface area contributed by atoms with E-state index < -0.39 is 5.60 Å². The molecule has 0 aromatic rings. The summed E-state index contributed by atoms with van der Waals surface area (Å²) in [5, 5.41) is 16.9. The molecule has 2 atom stereocenters. The Kier molecular flexibility index (Phi) is 4.54. The zero-order valence-electron chi connectivity index (χ0n) is 14.1. The van der Waals surface area contributed by atoms with Crippen LogP contribution in [0.15, 0.2) is 4.99 Å². The lowest BCUT2D eigenvalue weighted by Crippen LogP contribution is -2.69. The Hall–Kier alpha value is -0.810. The summed E-state index contributed by atoms with van der Waals surface area (Å²) in [4.78, 5) is 4.57. The quantitative estimate of drug-likeness (QED) is 0.533. The highest BCUT2D eigenvalue weighted by Crippen LogP contribution is 2.51. The fraction of sp³-hybridized carbons (Fsp3) is 0.938. The number of methoxy groups -OCH3 is 1. The SMILES string of the molecule is CCNC(=NCC1(O)CCC1)NC1CC(C)(OC)C1(C)C. The van der Waals surface area contributed by atoms with Gasteiger partial charge in [-0.3, -0.25) is 4.99 Å². The largest absolute Gasteiger partial charge is 0.388 e. The third-order valence-electron chi connectivity index (χ3n) is 5.75. The van der Waals surface area contributed by atoms with Crippen LogP contribution in [0.25, 0.3) is 0 Å². The molecule has 0 saturated heterocycles. The molecule has 2 fully saturated rings. The monoisotopic (exact) mass is 297 g/mol. The van der Waals surface area contributed by atoms with E-state index >= 15 is 0 Å². The second kappa shape index (κ2) is 5.76. The molecule has 0 amide bonds. The van der Waals surface area contributed by atoms with Crippen molar-refractivity contribution in [2.24, 2.45) is 10.4 Å². The van der Waals surface area contributed by atoms with Crippen molar-refractivity contribution in [3.05, 3.63) is 0 Å². The summed E-state index contributed by atoms with van der Waals surface area (Å²) in [6.45, 7) is 9.96. The molecule has 2 rings (SSSR count). The minimum atomic E-state index is -0.571. The van der Waals surface area contributed by atoms with Crippen LogP contribution in [0.2, 0.25) is 0 Å². The summed E-state index contributed by atoms with van der Waals surface area (Å²) in [5.74, 6) is 0.800. The van der Waals surface area contributed by atoms with Crippen LogP contribution in [0.4, 0.5) is 0 Å². The first kappa shape index (κ1) is 16.6. The van der Waals surface area contributed by atoms with Crippen LogP contribution in [0, 0.1) is 5.41 Å². The van der Waals surface area contributed by atoms with E-state index in [4.69, 9.17) is 4.74 Å². The van der Waals surface area contributed by atoms with Crippen LogP contribution in [-0.2, 0) is 4.74 Å². The second-order valence-electron chi connectivity index (χ2n) is 7.33. The minimum absolute atomic E-state index is 0.0469. The van der Waals surface area contributed by atoms with Crippen LogP contribution in [-0.4, -0.2) is 48.5 Å². The van der Waals surface area contributed by atoms with Crippen molar-refractivity contribution in [3.63, 3.8) is 0 Å². The maximum Gasteiger partial charge on any atom is 0.191 e. The number of aliphatic imine (C=N–C) groups is 1. The van der Waals surface area contributed by atoms with Gasteiger partial charge in [0.15, 0.2) is 5.96 Å².